The van der Waals surface area contributed by atoms with Gasteiger partial charge in [-0.25, -0.2) is 59.1 Å². The van der Waals surface area contributed by atoms with Crippen LogP contribution in [0.3, 0.4) is 0 Å². The van der Waals surface area contributed by atoms with Crippen LogP contribution in [-0.2, 0) is 59.8 Å². The smallest absolute Gasteiger partial charge is 0.224 e. The average Bonchev–Trinajstić information content (AvgIpc) is 0.785. The van der Waals surface area contributed by atoms with Gasteiger partial charge in [0.2, 0.25) is 40.1 Å². The van der Waals surface area contributed by atoms with Crippen LogP contribution in [0.5, 0.6) is 0 Å². The summed E-state index contributed by atoms with van der Waals surface area (Å²) >= 11 is 0. The van der Waals surface area contributed by atoms with Crippen molar-refractivity contribution >= 4 is 59.8 Å². The number of sulfonamides is 4. The van der Waals surface area contributed by atoms with Crippen LogP contribution < -0.4 is 0 Å². The van der Waals surface area contributed by atoms with Crippen LogP contribution in [0.15, 0.2) is 357 Å². The molecule has 762 valence electrons. The summed E-state index contributed by atoms with van der Waals surface area (Å²) < 4.78 is 158. The molecule has 0 amide bonds. The molecule has 0 atom stereocenters. The highest BCUT2D eigenvalue weighted by molar-refractivity contribution is 7.92. The molecule has 12 aromatic rings. The number of unbranched alkanes of at least 4 members (excludes halogenated alkanes) is 21. The number of hydrogen-bond acceptors (Lipinski definition) is 12. The van der Waals surface area contributed by atoms with Crippen LogP contribution in [0.4, 0.5) is 0 Å². The topological polar surface area (TPSA) is 218 Å². The van der Waals surface area contributed by atoms with Crippen molar-refractivity contribution in [2.75, 3.05) is 64.9 Å². The van der Waals surface area contributed by atoms with Gasteiger partial charge < -0.3 is 0 Å². The van der Waals surface area contributed by atoms with E-state index < -0.39 is 59.8 Å². The molecule has 0 aromatic heterocycles. The first-order valence-corrected chi connectivity index (χ1v) is 60.4. The maximum Gasteiger partial charge on any atom is 0.243 e. The summed E-state index contributed by atoms with van der Waals surface area (Å²) in [4.78, 5) is 2.36. The number of hydrogen-bond donors (Lipinski definition) is 0. The predicted octanol–water partition coefficient (Wildman–Crippen LogP) is 30.4. The fourth-order valence-corrected chi connectivity index (χ4v) is 24.1. The Bertz CT molecular complexity index is 6130. The molecule has 0 aliphatic carbocycles. The summed E-state index contributed by atoms with van der Waals surface area (Å²) in [6.07, 6.45) is 30.1. The highest BCUT2D eigenvalue weighted by Crippen LogP contribution is 2.31. The third kappa shape index (κ3) is 40.7. The molecule has 0 radical (unpaired) electrons. The largest absolute Gasteiger partial charge is 0.243 e. The van der Waals surface area contributed by atoms with Gasteiger partial charge in [0.1, 0.15) is 0 Å². The normalized spacial score (nSPS) is 11.7. The number of benzene rings is 12. The molecule has 0 spiro atoms. The minimum atomic E-state index is -3.43. The fraction of sp³-hybridized carbons (Fsp3) is 0.395. The van der Waals surface area contributed by atoms with E-state index in [9.17, 15) is 50.5 Å². The van der Waals surface area contributed by atoms with Crippen molar-refractivity contribution in [3.63, 3.8) is 0 Å². The molecule has 12 rings (SSSR count). The summed E-state index contributed by atoms with van der Waals surface area (Å²) in [7, 11) is -16.6. The Morgan fingerprint density at radius 2 is 0.305 bits per heavy atom. The minimum Gasteiger partial charge on any atom is -0.224 e. The summed E-state index contributed by atoms with van der Waals surface area (Å²) in [6.45, 7) is 20.7. The van der Waals surface area contributed by atoms with Crippen LogP contribution in [0.2, 0.25) is 0 Å². The average molecular weight is 2030 g/mol. The van der Waals surface area contributed by atoms with Crippen LogP contribution in [0.25, 0.3) is 66.8 Å². The number of nitrogens with zero attached hydrogens (tertiary/aromatic N) is 4. The van der Waals surface area contributed by atoms with Crippen molar-refractivity contribution in [2.45, 2.75) is 271 Å². The molecular weight excluding hydrogens is 1870 g/mol. The Balaban J connectivity index is 0.000000230. The lowest BCUT2D eigenvalue weighted by Crippen LogP contribution is -2.33. The van der Waals surface area contributed by atoms with E-state index in [4.69, 9.17) is 0 Å². The second-order valence-corrected chi connectivity index (χ2v) is 48.1. The van der Waals surface area contributed by atoms with Crippen molar-refractivity contribution in [3.8, 4) is 66.8 Å². The van der Waals surface area contributed by atoms with Gasteiger partial charge in [0.25, 0.3) is 0 Å². The minimum absolute atomic E-state index is 0.248. The van der Waals surface area contributed by atoms with Crippen LogP contribution in [0, 0.1) is 0 Å². The fourth-order valence-electron chi connectivity index (χ4n) is 15.9. The van der Waals surface area contributed by atoms with E-state index in [0.717, 1.165) is 240 Å². The van der Waals surface area contributed by atoms with Crippen molar-refractivity contribution < 1.29 is 50.5 Å². The highest BCUT2D eigenvalue weighted by Gasteiger charge is 2.28. The number of sulfone groups is 2. The lowest BCUT2D eigenvalue weighted by Gasteiger charge is -2.22. The zero-order valence-electron chi connectivity index (χ0n) is 85.5. The summed E-state index contributed by atoms with van der Waals surface area (Å²) in [6, 6.07) is 103. The van der Waals surface area contributed by atoms with E-state index >= 15 is 0 Å². The number of rotatable bonds is 53. The van der Waals surface area contributed by atoms with Crippen molar-refractivity contribution in [2.24, 2.45) is 0 Å². The Morgan fingerprint density at radius 3 is 0.518 bits per heavy atom. The molecule has 0 aliphatic rings. The maximum atomic E-state index is 13.2. The molecule has 0 saturated carbocycles. The van der Waals surface area contributed by atoms with E-state index in [0.29, 0.717) is 68.6 Å². The van der Waals surface area contributed by atoms with Gasteiger partial charge in [0.05, 0.1) is 40.9 Å². The van der Waals surface area contributed by atoms with Gasteiger partial charge in [-0.05, 0) is 191 Å². The van der Waals surface area contributed by atoms with Gasteiger partial charge in [-0.3, -0.25) is 0 Å². The van der Waals surface area contributed by atoms with E-state index in [1.807, 2.05) is 255 Å². The quantitative estimate of drug-likeness (QED) is 0.0325. The molecule has 16 nitrogen and oxygen atoms in total. The highest BCUT2D eigenvalue weighted by atomic mass is 32.2. The monoisotopic (exact) mass is 2030 g/mol. The molecule has 0 N–H and O–H groups in total. The molecule has 12 aromatic carbocycles. The Kier molecular flexibility index (Phi) is 54.2. The van der Waals surface area contributed by atoms with Gasteiger partial charge in [0, 0.05) is 53.4 Å². The van der Waals surface area contributed by atoms with Crippen molar-refractivity contribution in [1.29, 1.82) is 0 Å². The first-order valence-electron chi connectivity index (χ1n) is 51.4. The van der Waals surface area contributed by atoms with Crippen molar-refractivity contribution in [1.82, 2.24) is 17.2 Å². The van der Waals surface area contributed by atoms with E-state index in [-0.39, 0.29) is 11.5 Å². The van der Waals surface area contributed by atoms with Crippen molar-refractivity contribution in [3.05, 3.63) is 328 Å². The molecule has 0 unspecified atom stereocenters. The molecule has 0 saturated heterocycles. The lowest BCUT2D eigenvalue weighted by molar-refractivity contribution is 0.387. The second-order valence-electron chi connectivity index (χ2n) is 35.9. The van der Waals surface area contributed by atoms with Gasteiger partial charge in [-0.15, -0.1) is 0 Å². The van der Waals surface area contributed by atoms with Gasteiger partial charge >= 0.3 is 0 Å². The summed E-state index contributed by atoms with van der Waals surface area (Å²) in [5, 5.41) is 0. The summed E-state index contributed by atoms with van der Waals surface area (Å²) in [5.41, 5.74) is 12.8. The Morgan fingerprint density at radius 1 is 0.156 bits per heavy atom. The van der Waals surface area contributed by atoms with E-state index in [2.05, 4.69) is 55.4 Å². The molecule has 0 heterocycles. The third-order valence-corrected chi connectivity index (χ3v) is 35.9. The molecule has 0 bridgehead atoms. The van der Waals surface area contributed by atoms with Crippen LogP contribution in [-0.4, -0.2) is 133 Å². The van der Waals surface area contributed by atoms with Gasteiger partial charge in [0.15, 0.2) is 19.7 Å². The maximum absolute atomic E-state index is 13.2. The van der Waals surface area contributed by atoms with Gasteiger partial charge in [-0.2, -0.15) is 8.61 Å². The predicted molar refractivity (Wildman–Crippen MR) is 592 cm³/mol. The van der Waals surface area contributed by atoms with Crippen LogP contribution >= 0.6 is 0 Å². The molecular formula is C119H158N4O12S6. The third-order valence-electron chi connectivity index (χ3n) is 24.7. The molecule has 0 aliphatic heterocycles. The van der Waals surface area contributed by atoms with Gasteiger partial charge in [-0.1, -0.05) is 445 Å². The zero-order chi connectivity index (χ0) is 102. The zero-order valence-corrected chi connectivity index (χ0v) is 90.4. The first-order chi connectivity index (χ1) is 68.1. The van der Waals surface area contributed by atoms with E-state index in [1.54, 1.807) is 95.5 Å². The lowest BCUT2D eigenvalue weighted by atomic mass is 10.1. The van der Waals surface area contributed by atoms with E-state index in [1.165, 1.54) is 21.5 Å². The standard InChI is InChI=1S/C23H33NO2S.C22H31NO2S.C19H25NO2S.C19H24O2S.C18H23NO2S.C18H22O2S/c1-3-5-7-12-20-24(19-11-6-4-2)27(25,26)23-17-15-22(16-18-23)21-13-9-8-10-14-21;1-3-5-10-18-23(19-11-6-4-2)26(24,25)22-16-14-21(15-17-22)20-12-8-7-9-13-20;1-3-4-5-9-16-20(2)23(21,22)19-14-12-18(13-15-19)17-10-7-6-8-11-17;1-2-3-4-5-9-16-22(20,21)19-14-12-18(13-15-19)17-10-7-6-8-11-17;1-3-4-8-15-19(2)22(20,21)18-13-11-17(12-14-18)16-9-6-5-7-10-16;1-2-3-4-8-15-21(19,20)18-13-11-17(12-14-18)16-9-6-5-7-10-16/h8-10,13-18H,3-7,11-12,19-20H2,1-2H3;7-9,12-17H,3-6,10-11,18-19H2,1-2H3;6-8,10-15H,3-5,9,16H2,1-2H3;6-8,10-15H,2-5,9,16H2,1H3;5-7,9-14H,3-4,8,15H2,1-2H3;5-7,9-14H,2-4,8,15H2,1H3. The molecule has 141 heavy (non-hydrogen) atoms. The second kappa shape index (κ2) is 64.7. The van der Waals surface area contributed by atoms with Crippen LogP contribution in [0.1, 0.15) is 242 Å². The molecule has 22 heteroatoms. The first kappa shape index (κ1) is 118. The Labute approximate surface area is 851 Å². The Hall–Kier alpha value is -9.82. The summed E-state index contributed by atoms with van der Waals surface area (Å²) in [5.74, 6) is 0.499. The molecule has 0 fully saturated rings. The SMILES string of the molecule is CCCCCCCS(=O)(=O)c1ccc(-c2ccccc2)cc1.CCCCCCN(C)S(=O)(=O)c1ccc(-c2ccccc2)cc1.CCCCCCN(CCCCC)S(=O)(=O)c1ccc(-c2ccccc2)cc1.CCCCCCS(=O)(=O)c1ccc(-c2ccccc2)cc1.CCCCCN(C)S(=O)(=O)c1ccc(-c2ccccc2)cc1.CCCCCN(CCCCC)S(=O)(=O)c1ccc(-c2ccccc2)cc1.